The lowest BCUT2D eigenvalue weighted by atomic mass is 9.97. The van der Waals surface area contributed by atoms with Crippen LogP contribution in [0.25, 0.3) is 10.9 Å². The number of methoxy groups -OCH3 is 1. The highest BCUT2D eigenvalue weighted by Crippen LogP contribution is 2.34. The maximum atomic E-state index is 13.0. The minimum Gasteiger partial charge on any atom is -0.465 e. The van der Waals surface area contributed by atoms with Gasteiger partial charge in [-0.3, -0.25) is 4.79 Å². The highest BCUT2D eigenvalue weighted by molar-refractivity contribution is 5.97. The van der Waals surface area contributed by atoms with E-state index in [1.165, 1.54) is 18.1 Å². The van der Waals surface area contributed by atoms with Crippen molar-refractivity contribution in [3.05, 3.63) is 70.9 Å². The van der Waals surface area contributed by atoms with Crippen LogP contribution in [0.15, 0.2) is 48.5 Å². The van der Waals surface area contributed by atoms with Crippen molar-refractivity contribution in [1.82, 2.24) is 9.88 Å². The van der Waals surface area contributed by atoms with Gasteiger partial charge in [-0.2, -0.15) is 0 Å². The van der Waals surface area contributed by atoms with Gasteiger partial charge in [0.05, 0.1) is 18.7 Å². The van der Waals surface area contributed by atoms with E-state index in [9.17, 15) is 9.59 Å². The van der Waals surface area contributed by atoms with E-state index in [1.807, 2.05) is 24.0 Å². The van der Waals surface area contributed by atoms with Gasteiger partial charge >= 0.3 is 5.97 Å². The lowest BCUT2D eigenvalue weighted by molar-refractivity contribution is 0.0598. The number of carbonyl (C=O) groups excluding carboxylic acids is 2. The molecule has 1 aliphatic heterocycles. The summed E-state index contributed by atoms with van der Waals surface area (Å²) in [5.74, 6) is -0.434. The Balaban J connectivity index is 1.62. The number of nitrogens with one attached hydrogen (secondary N) is 1. The molecule has 0 radical (unpaired) electrons. The summed E-state index contributed by atoms with van der Waals surface area (Å²) in [6.45, 7) is 2.72. The smallest absolute Gasteiger partial charge is 0.337 e. The Kier molecular flexibility index (Phi) is 3.99. The van der Waals surface area contributed by atoms with Crippen LogP contribution < -0.4 is 0 Å². The van der Waals surface area contributed by atoms with E-state index in [1.54, 1.807) is 24.3 Å². The van der Waals surface area contributed by atoms with Gasteiger partial charge in [-0.15, -0.1) is 0 Å². The molecule has 0 fully saturated rings. The number of nitrogens with zero attached hydrogens (tertiary/aromatic N) is 1. The molecule has 1 atom stereocenters. The summed E-state index contributed by atoms with van der Waals surface area (Å²) in [4.78, 5) is 29.9. The maximum Gasteiger partial charge on any atom is 0.337 e. The van der Waals surface area contributed by atoms with E-state index in [2.05, 4.69) is 17.1 Å². The molecule has 1 N–H and O–H groups in total. The molecule has 0 saturated carbocycles. The third-order valence-corrected chi connectivity index (χ3v) is 5.15. The summed E-state index contributed by atoms with van der Waals surface area (Å²) >= 11 is 0. The summed E-state index contributed by atoms with van der Waals surface area (Å²) in [5, 5.41) is 1.24. The van der Waals surface area contributed by atoms with Crippen LogP contribution >= 0.6 is 0 Å². The number of fused-ring (bicyclic) bond motifs is 3. The fraction of sp³-hybridized carbons (Fsp3) is 0.238. The number of amides is 1. The predicted molar refractivity (Wildman–Crippen MR) is 99.2 cm³/mol. The van der Waals surface area contributed by atoms with E-state index in [4.69, 9.17) is 4.74 Å². The van der Waals surface area contributed by atoms with Crippen LogP contribution in [0.5, 0.6) is 0 Å². The number of aromatic nitrogens is 1. The largest absolute Gasteiger partial charge is 0.465 e. The highest BCUT2D eigenvalue weighted by Gasteiger charge is 2.30. The van der Waals surface area contributed by atoms with Crippen molar-refractivity contribution in [3.8, 4) is 0 Å². The van der Waals surface area contributed by atoms with Crippen molar-refractivity contribution in [2.45, 2.75) is 19.4 Å². The lowest BCUT2D eigenvalue weighted by Gasteiger charge is -2.33. The Morgan fingerprint density at radius 2 is 1.77 bits per heavy atom. The Morgan fingerprint density at radius 3 is 2.50 bits per heavy atom. The molecular formula is C21H20N2O3. The van der Waals surface area contributed by atoms with Crippen molar-refractivity contribution in [1.29, 1.82) is 0 Å². The number of aromatic amines is 1. The number of hydrogen-bond acceptors (Lipinski definition) is 3. The van der Waals surface area contributed by atoms with Crippen LogP contribution in [0.2, 0.25) is 0 Å². The Morgan fingerprint density at radius 1 is 1.08 bits per heavy atom. The summed E-state index contributed by atoms with van der Waals surface area (Å²) < 4.78 is 4.70. The van der Waals surface area contributed by atoms with E-state index < -0.39 is 5.97 Å². The molecule has 5 heteroatoms. The summed E-state index contributed by atoms with van der Waals surface area (Å²) in [6, 6.07) is 14.8. The minimum atomic E-state index is -0.405. The second kappa shape index (κ2) is 6.33. The first-order valence-electron chi connectivity index (χ1n) is 8.69. The SMILES string of the molecule is COC(=O)c1ccc(C(=O)N2CCc3c([nH]c4ccccc34)[C@H]2C)cc1. The molecular weight excluding hydrogens is 328 g/mol. The van der Waals surface area contributed by atoms with Gasteiger partial charge in [0.2, 0.25) is 0 Å². The van der Waals surface area contributed by atoms with Crippen molar-refractivity contribution < 1.29 is 14.3 Å². The highest BCUT2D eigenvalue weighted by atomic mass is 16.5. The van der Waals surface area contributed by atoms with Crippen molar-refractivity contribution in [2.24, 2.45) is 0 Å². The maximum absolute atomic E-state index is 13.0. The van der Waals surface area contributed by atoms with Gasteiger partial charge in [0, 0.05) is 28.7 Å². The van der Waals surface area contributed by atoms with Gasteiger partial charge < -0.3 is 14.6 Å². The normalized spacial score (nSPS) is 16.4. The number of ether oxygens (including phenoxy) is 1. The van der Waals surface area contributed by atoms with Crippen molar-refractivity contribution in [3.63, 3.8) is 0 Å². The average molecular weight is 348 g/mol. The zero-order valence-corrected chi connectivity index (χ0v) is 14.8. The average Bonchev–Trinajstić information content (AvgIpc) is 3.07. The molecule has 1 aromatic heterocycles. The molecule has 0 saturated heterocycles. The van der Waals surface area contributed by atoms with E-state index in [0.717, 1.165) is 17.6 Å². The zero-order chi connectivity index (χ0) is 18.3. The van der Waals surface area contributed by atoms with Gasteiger partial charge in [-0.05, 0) is 49.2 Å². The molecule has 5 nitrogen and oxygen atoms in total. The molecule has 132 valence electrons. The lowest BCUT2D eigenvalue weighted by Crippen LogP contribution is -2.38. The number of para-hydroxylation sites is 1. The Labute approximate surface area is 151 Å². The first kappa shape index (κ1) is 16.4. The number of benzene rings is 2. The standard InChI is InChI=1S/C21H20N2O3/c1-13-19-17(16-5-3-4-6-18(16)22-19)11-12-23(13)20(24)14-7-9-15(10-8-14)21(25)26-2/h3-10,13,22H,11-12H2,1-2H3/t13-/m1/s1. The van der Waals surface area contributed by atoms with E-state index >= 15 is 0 Å². The quantitative estimate of drug-likeness (QED) is 0.718. The van der Waals surface area contributed by atoms with Crippen LogP contribution in [0.4, 0.5) is 0 Å². The van der Waals surface area contributed by atoms with Crippen LogP contribution in [0, 0.1) is 0 Å². The molecule has 1 aliphatic rings. The molecule has 0 bridgehead atoms. The molecule has 4 rings (SSSR count). The molecule has 26 heavy (non-hydrogen) atoms. The summed E-state index contributed by atoms with van der Waals surface area (Å²) in [7, 11) is 1.34. The van der Waals surface area contributed by atoms with Gasteiger partial charge in [0.25, 0.3) is 5.91 Å². The molecule has 0 aliphatic carbocycles. The molecule has 2 heterocycles. The third kappa shape index (κ3) is 2.56. The van der Waals surface area contributed by atoms with Crippen LogP contribution in [-0.4, -0.2) is 35.4 Å². The summed E-state index contributed by atoms with van der Waals surface area (Å²) in [6.07, 6.45) is 0.829. The first-order valence-corrected chi connectivity index (χ1v) is 8.69. The topological polar surface area (TPSA) is 62.4 Å². The Hall–Kier alpha value is -3.08. The van der Waals surface area contributed by atoms with Gasteiger partial charge in [-0.25, -0.2) is 4.79 Å². The van der Waals surface area contributed by atoms with Crippen LogP contribution in [0.1, 0.15) is 44.9 Å². The van der Waals surface area contributed by atoms with Crippen molar-refractivity contribution >= 4 is 22.8 Å². The van der Waals surface area contributed by atoms with Crippen LogP contribution in [-0.2, 0) is 11.2 Å². The molecule has 1 amide bonds. The fourth-order valence-electron chi connectivity index (χ4n) is 3.74. The monoisotopic (exact) mass is 348 g/mol. The molecule has 2 aromatic carbocycles. The number of hydrogen-bond donors (Lipinski definition) is 1. The van der Waals surface area contributed by atoms with Crippen LogP contribution in [0.3, 0.4) is 0 Å². The van der Waals surface area contributed by atoms with E-state index in [-0.39, 0.29) is 11.9 Å². The molecule has 0 spiro atoms. The molecule has 3 aromatic rings. The predicted octanol–water partition coefficient (Wildman–Crippen LogP) is 3.71. The second-order valence-corrected chi connectivity index (χ2v) is 6.56. The number of esters is 1. The number of rotatable bonds is 2. The molecule has 0 unspecified atom stereocenters. The second-order valence-electron chi connectivity index (χ2n) is 6.56. The zero-order valence-electron chi connectivity index (χ0n) is 14.8. The number of H-pyrrole nitrogens is 1. The van der Waals surface area contributed by atoms with E-state index in [0.29, 0.717) is 17.7 Å². The Bertz CT molecular complexity index is 988. The van der Waals surface area contributed by atoms with Gasteiger partial charge in [-0.1, -0.05) is 18.2 Å². The number of carbonyl (C=O) groups is 2. The van der Waals surface area contributed by atoms with Gasteiger partial charge in [0.1, 0.15) is 0 Å². The van der Waals surface area contributed by atoms with Gasteiger partial charge in [0.15, 0.2) is 0 Å². The summed E-state index contributed by atoms with van der Waals surface area (Å²) in [5.41, 5.74) is 4.54. The first-order chi connectivity index (χ1) is 12.6. The minimum absolute atomic E-state index is 0.0288. The van der Waals surface area contributed by atoms with Crippen molar-refractivity contribution in [2.75, 3.05) is 13.7 Å². The fourth-order valence-corrected chi connectivity index (χ4v) is 3.74. The third-order valence-electron chi connectivity index (χ3n) is 5.15.